The van der Waals surface area contributed by atoms with Crippen LogP contribution in [0.5, 0.6) is 5.75 Å². The highest BCUT2D eigenvalue weighted by atomic mass is 35.5. The lowest BCUT2D eigenvalue weighted by Crippen LogP contribution is -2.32. The zero-order chi connectivity index (χ0) is 20.0. The van der Waals surface area contributed by atoms with Gasteiger partial charge in [-0.2, -0.15) is 0 Å². The smallest absolute Gasteiger partial charge is 0.336 e. The van der Waals surface area contributed by atoms with Gasteiger partial charge in [0.15, 0.2) is 6.73 Å². The minimum atomic E-state index is -0.370. The zero-order valence-corrected chi connectivity index (χ0v) is 16.6. The van der Waals surface area contributed by atoms with Gasteiger partial charge in [0.05, 0.1) is 12.1 Å². The van der Waals surface area contributed by atoms with Crippen molar-refractivity contribution in [1.82, 2.24) is 0 Å². The van der Waals surface area contributed by atoms with Crippen molar-refractivity contribution < 1.29 is 9.15 Å². The van der Waals surface area contributed by atoms with Crippen LogP contribution in [0.1, 0.15) is 11.1 Å². The molecule has 4 aromatic rings. The fourth-order valence-electron chi connectivity index (χ4n) is 3.72. The third kappa shape index (κ3) is 3.26. The van der Waals surface area contributed by atoms with Crippen LogP contribution in [0, 0.1) is 6.92 Å². The number of anilines is 1. The Bertz CT molecular complexity index is 1260. The average Bonchev–Trinajstić information content (AvgIpc) is 2.74. The van der Waals surface area contributed by atoms with E-state index in [1.54, 1.807) is 6.07 Å². The molecule has 0 fully saturated rings. The van der Waals surface area contributed by atoms with Crippen LogP contribution in [0.2, 0.25) is 5.02 Å². The third-order valence-corrected chi connectivity index (χ3v) is 5.50. The topological polar surface area (TPSA) is 42.7 Å². The van der Waals surface area contributed by atoms with E-state index < -0.39 is 0 Å². The van der Waals surface area contributed by atoms with Gasteiger partial charge < -0.3 is 14.1 Å². The molecule has 5 heteroatoms. The second-order valence-electron chi connectivity index (χ2n) is 7.21. The summed E-state index contributed by atoms with van der Waals surface area (Å²) in [4.78, 5) is 14.5. The van der Waals surface area contributed by atoms with Crippen LogP contribution in [-0.4, -0.2) is 6.73 Å². The van der Waals surface area contributed by atoms with Gasteiger partial charge in [0.25, 0.3) is 0 Å². The lowest BCUT2D eigenvalue weighted by atomic mass is 9.98. The molecule has 1 aromatic heterocycles. The molecule has 0 aliphatic carbocycles. The Morgan fingerprint density at radius 2 is 1.72 bits per heavy atom. The molecule has 0 atom stereocenters. The second-order valence-corrected chi connectivity index (χ2v) is 7.65. The van der Waals surface area contributed by atoms with E-state index >= 15 is 0 Å². The maximum Gasteiger partial charge on any atom is 0.336 e. The Labute approximate surface area is 172 Å². The Morgan fingerprint density at radius 1 is 0.966 bits per heavy atom. The van der Waals surface area contributed by atoms with Gasteiger partial charge in [0, 0.05) is 22.2 Å². The molecule has 4 nitrogen and oxygen atoms in total. The molecular formula is C24H18ClNO3. The number of halogens is 1. The van der Waals surface area contributed by atoms with E-state index in [-0.39, 0.29) is 5.63 Å². The average molecular weight is 404 g/mol. The minimum Gasteiger partial charge on any atom is -0.473 e. The van der Waals surface area contributed by atoms with Crippen molar-refractivity contribution in [3.63, 3.8) is 0 Å². The van der Waals surface area contributed by atoms with E-state index in [0.717, 1.165) is 33.5 Å². The lowest BCUT2D eigenvalue weighted by Gasteiger charge is -2.31. The summed E-state index contributed by atoms with van der Waals surface area (Å²) in [6.45, 7) is 3.04. The number of ether oxygens (including phenoxy) is 1. The normalized spacial score (nSPS) is 13.2. The standard InChI is InChI=1S/C24H18ClNO3/c1-15-2-4-16(5-3-15)20-12-23(27)29-24-19(20)10-11-22-21(24)13-26(14-28-22)18-8-6-17(25)7-9-18/h2-12H,13-14H2,1H3. The van der Waals surface area contributed by atoms with Crippen LogP contribution in [0.4, 0.5) is 5.69 Å². The highest BCUT2D eigenvalue weighted by Crippen LogP contribution is 2.37. The molecule has 0 saturated carbocycles. The first-order valence-electron chi connectivity index (χ1n) is 9.38. The molecule has 144 valence electrons. The fraction of sp³-hybridized carbons (Fsp3) is 0.125. The molecule has 0 bridgehead atoms. The molecule has 0 spiro atoms. The van der Waals surface area contributed by atoms with Gasteiger partial charge in [-0.1, -0.05) is 41.4 Å². The van der Waals surface area contributed by atoms with Crippen molar-refractivity contribution in [1.29, 1.82) is 0 Å². The molecule has 29 heavy (non-hydrogen) atoms. The van der Waals surface area contributed by atoms with Gasteiger partial charge in [-0.15, -0.1) is 0 Å². The van der Waals surface area contributed by atoms with Crippen LogP contribution in [0.3, 0.4) is 0 Å². The number of hydrogen-bond acceptors (Lipinski definition) is 4. The third-order valence-electron chi connectivity index (χ3n) is 5.25. The van der Waals surface area contributed by atoms with E-state index in [1.807, 2.05) is 67.6 Å². The van der Waals surface area contributed by atoms with Crippen LogP contribution >= 0.6 is 11.6 Å². The summed E-state index contributed by atoms with van der Waals surface area (Å²) in [6, 6.07) is 21.2. The molecule has 3 aromatic carbocycles. The van der Waals surface area contributed by atoms with Gasteiger partial charge >= 0.3 is 5.63 Å². The monoisotopic (exact) mass is 403 g/mol. The number of nitrogens with zero attached hydrogens (tertiary/aromatic N) is 1. The second kappa shape index (κ2) is 6.98. The van der Waals surface area contributed by atoms with E-state index in [0.29, 0.717) is 23.9 Å². The Hall–Kier alpha value is -3.24. The number of rotatable bonds is 2. The van der Waals surface area contributed by atoms with Gasteiger partial charge in [-0.05, 0) is 54.4 Å². The minimum absolute atomic E-state index is 0.370. The van der Waals surface area contributed by atoms with Crippen LogP contribution in [-0.2, 0) is 6.54 Å². The number of fused-ring (bicyclic) bond motifs is 3. The van der Waals surface area contributed by atoms with Gasteiger partial charge in [-0.3, -0.25) is 0 Å². The Balaban J connectivity index is 1.65. The number of aryl methyl sites for hydroxylation is 1. The van der Waals surface area contributed by atoms with E-state index in [9.17, 15) is 4.79 Å². The lowest BCUT2D eigenvalue weighted by molar-refractivity contribution is 0.289. The van der Waals surface area contributed by atoms with Crippen molar-refractivity contribution in [2.45, 2.75) is 13.5 Å². The highest BCUT2D eigenvalue weighted by Gasteiger charge is 2.23. The SMILES string of the molecule is Cc1ccc(-c2cc(=O)oc3c4c(ccc23)OCN(c2ccc(Cl)cc2)C4)cc1. The molecule has 0 saturated heterocycles. The van der Waals surface area contributed by atoms with Gasteiger partial charge in [0.2, 0.25) is 0 Å². The van der Waals surface area contributed by atoms with Gasteiger partial charge in [-0.25, -0.2) is 4.79 Å². The van der Waals surface area contributed by atoms with E-state index in [2.05, 4.69) is 4.90 Å². The Morgan fingerprint density at radius 3 is 2.48 bits per heavy atom. The molecule has 0 amide bonds. The van der Waals surface area contributed by atoms with E-state index in [4.69, 9.17) is 20.8 Å². The zero-order valence-electron chi connectivity index (χ0n) is 15.8. The summed E-state index contributed by atoms with van der Waals surface area (Å²) in [6.07, 6.45) is 0. The van der Waals surface area contributed by atoms with Crippen molar-refractivity contribution in [3.8, 4) is 16.9 Å². The number of benzene rings is 3. The number of hydrogen-bond donors (Lipinski definition) is 0. The predicted octanol–water partition coefficient (Wildman–Crippen LogP) is 5.78. The summed E-state index contributed by atoms with van der Waals surface area (Å²) >= 11 is 6.01. The first-order valence-corrected chi connectivity index (χ1v) is 9.76. The summed E-state index contributed by atoms with van der Waals surface area (Å²) < 4.78 is 11.6. The molecule has 0 unspecified atom stereocenters. The van der Waals surface area contributed by atoms with Crippen LogP contribution in [0.25, 0.3) is 22.1 Å². The van der Waals surface area contributed by atoms with Gasteiger partial charge in [0.1, 0.15) is 11.3 Å². The largest absolute Gasteiger partial charge is 0.473 e. The van der Waals surface area contributed by atoms with Crippen molar-refractivity contribution in [2.75, 3.05) is 11.6 Å². The molecular weight excluding hydrogens is 386 g/mol. The molecule has 5 rings (SSSR count). The quantitative estimate of drug-likeness (QED) is 0.398. The molecule has 1 aliphatic heterocycles. The van der Waals surface area contributed by atoms with Crippen molar-refractivity contribution in [2.24, 2.45) is 0 Å². The summed E-state index contributed by atoms with van der Waals surface area (Å²) in [5, 5.41) is 1.58. The summed E-state index contributed by atoms with van der Waals surface area (Å²) in [5.74, 6) is 0.743. The van der Waals surface area contributed by atoms with Crippen LogP contribution in [0.15, 0.2) is 75.9 Å². The maximum absolute atomic E-state index is 12.4. The molecule has 0 N–H and O–H groups in total. The van der Waals surface area contributed by atoms with Crippen molar-refractivity contribution in [3.05, 3.63) is 93.3 Å². The summed E-state index contributed by atoms with van der Waals surface area (Å²) in [5.41, 5.74) is 5.09. The molecule has 0 radical (unpaired) electrons. The highest BCUT2D eigenvalue weighted by molar-refractivity contribution is 6.30. The maximum atomic E-state index is 12.4. The summed E-state index contributed by atoms with van der Waals surface area (Å²) in [7, 11) is 0. The molecule has 1 aliphatic rings. The first kappa shape index (κ1) is 17.8. The predicted molar refractivity (Wildman–Crippen MR) is 116 cm³/mol. The van der Waals surface area contributed by atoms with Crippen LogP contribution < -0.4 is 15.3 Å². The molecule has 2 heterocycles. The van der Waals surface area contributed by atoms with E-state index in [1.165, 1.54) is 5.56 Å². The first-order chi connectivity index (χ1) is 14.1. The Kier molecular flexibility index (Phi) is 4.29. The fourth-order valence-corrected chi connectivity index (χ4v) is 3.85. The van der Waals surface area contributed by atoms with Crippen molar-refractivity contribution >= 4 is 28.3 Å².